The van der Waals surface area contributed by atoms with Crippen molar-refractivity contribution in [2.75, 3.05) is 26.5 Å². The molecule has 24 heavy (non-hydrogen) atoms. The van der Waals surface area contributed by atoms with Gasteiger partial charge in [0.1, 0.15) is 16.9 Å². The number of hydrogen-bond acceptors (Lipinski definition) is 4. The highest BCUT2D eigenvalue weighted by atomic mass is 35.5. The molecule has 1 atom stereocenters. The minimum Gasteiger partial charge on any atom is -0.497 e. The van der Waals surface area contributed by atoms with Gasteiger partial charge in [-0.2, -0.15) is 0 Å². The summed E-state index contributed by atoms with van der Waals surface area (Å²) in [7, 11) is 3.26. The molecule has 2 aromatic carbocycles. The van der Waals surface area contributed by atoms with Gasteiger partial charge >= 0.3 is 0 Å². The van der Waals surface area contributed by atoms with Crippen molar-refractivity contribution in [3.63, 3.8) is 0 Å². The van der Waals surface area contributed by atoms with Gasteiger partial charge in [-0.15, -0.1) is 11.8 Å². The van der Waals surface area contributed by atoms with Crippen LogP contribution in [0.1, 0.15) is 21.3 Å². The van der Waals surface area contributed by atoms with Crippen LogP contribution in [0.25, 0.3) is 0 Å². The zero-order valence-electron chi connectivity index (χ0n) is 13.5. The van der Waals surface area contributed by atoms with Gasteiger partial charge in [0.25, 0.3) is 5.91 Å². The lowest BCUT2D eigenvalue weighted by atomic mass is 10.1. The fraction of sp³-hybridized carbons (Fsp3) is 0.278. The fourth-order valence-corrected chi connectivity index (χ4v) is 4.22. The highest BCUT2D eigenvalue weighted by molar-refractivity contribution is 7.99. The van der Waals surface area contributed by atoms with Crippen LogP contribution in [0.5, 0.6) is 11.5 Å². The maximum absolute atomic E-state index is 12.9. The average molecular weight is 364 g/mol. The van der Waals surface area contributed by atoms with Crippen molar-refractivity contribution in [2.24, 2.45) is 0 Å². The summed E-state index contributed by atoms with van der Waals surface area (Å²) in [5, 5.41) is 0.449. The Hall–Kier alpha value is -1.85. The van der Waals surface area contributed by atoms with Gasteiger partial charge in [0.05, 0.1) is 14.2 Å². The molecule has 6 heteroatoms. The number of carbonyl (C=O) groups is 1. The molecule has 1 aliphatic rings. The number of carbonyl (C=O) groups excluding carboxylic acids is 1. The number of methoxy groups -OCH3 is 2. The maximum Gasteiger partial charge on any atom is 0.255 e. The van der Waals surface area contributed by atoms with Crippen molar-refractivity contribution in [3.8, 4) is 11.5 Å². The van der Waals surface area contributed by atoms with E-state index >= 15 is 0 Å². The van der Waals surface area contributed by atoms with E-state index in [4.69, 9.17) is 21.1 Å². The zero-order valence-corrected chi connectivity index (χ0v) is 15.1. The molecule has 0 unspecified atom stereocenters. The monoisotopic (exact) mass is 363 g/mol. The molecule has 0 N–H and O–H groups in total. The van der Waals surface area contributed by atoms with Crippen molar-refractivity contribution in [2.45, 2.75) is 5.37 Å². The second kappa shape index (κ2) is 7.36. The van der Waals surface area contributed by atoms with E-state index in [9.17, 15) is 4.79 Å². The molecule has 126 valence electrons. The average Bonchev–Trinajstić information content (AvgIpc) is 3.10. The summed E-state index contributed by atoms with van der Waals surface area (Å²) in [4.78, 5) is 14.8. The number of hydrogen-bond donors (Lipinski definition) is 0. The summed E-state index contributed by atoms with van der Waals surface area (Å²) < 4.78 is 10.8. The number of ether oxygens (including phenoxy) is 2. The van der Waals surface area contributed by atoms with E-state index in [-0.39, 0.29) is 11.3 Å². The van der Waals surface area contributed by atoms with Gasteiger partial charge in [0.2, 0.25) is 0 Å². The van der Waals surface area contributed by atoms with Crippen LogP contribution in [-0.2, 0) is 0 Å². The number of amides is 1. The Morgan fingerprint density at radius 2 is 2.04 bits per heavy atom. The number of halogens is 1. The van der Waals surface area contributed by atoms with Crippen LogP contribution in [0, 0.1) is 0 Å². The highest BCUT2D eigenvalue weighted by Crippen LogP contribution is 2.43. The Balaban J connectivity index is 1.95. The Morgan fingerprint density at radius 1 is 1.21 bits per heavy atom. The molecule has 2 aromatic rings. The van der Waals surface area contributed by atoms with E-state index in [1.165, 1.54) is 0 Å². The molecule has 0 radical (unpaired) electrons. The van der Waals surface area contributed by atoms with Crippen LogP contribution in [0.15, 0.2) is 42.5 Å². The lowest BCUT2D eigenvalue weighted by molar-refractivity contribution is 0.0759. The Bertz CT molecular complexity index is 753. The van der Waals surface area contributed by atoms with E-state index in [1.807, 2.05) is 23.1 Å². The van der Waals surface area contributed by atoms with Crippen LogP contribution in [0.3, 0.4) is 0 Å². The Morgan fingerprint density at radius 3 is 2.75 bits per heavy atom. The SMILES string of the molecule is COc1ccc(OC)c([C@@H]2SCCN2C(=O)c2cccc(Cl)c2)c1. The summed E-state index contributed by atoms with van der Waals surface area (Å²) in [6.07, 6.45) is 0. The zero-order chi connectivity index (χ0) is 17.1. The first kappa shape index (κ1) is 17.0. The van der Waals surface area contributed by atoms with E-state index in [0.717, 1.165) is 22.8 Å². The molecule has 1 amide bonds. The van der Waals surface area contributed by atoms with Gasteiger partial charge < -0.3 is 14.4 Å². The van der Waals surface area contributed by atoms with Crippen LogP contribution in [0.4, 0.5) is 0 Å². The quantitative estimate of drug-likeness (QED) is 0.814. The number of thioether (sulfide) groups is 1. The van der Waals surface area contributed by atoms with Gasteiger partial charge in [0.15, 0.2) is 0 Å². The first-order chi connectivity index (χ1) is 11.6. The Kier molecular flexibility index (Phi) is 5.21. The van der Waals surface area contributed by atoms with Crippen LogP contribution in [-0.4, -0.2) is 37.3 Å². The summed E-state index contributed by atoms with van der Waals surface area (Å²) in [6.45, 7) is 0.682. The second-order valence-corrected chi connectivity index (χ2v) is 6.96. The van der Waals surface area contributed by atoms with Crippen molar-refractivity contribution >= 4 is 29.3 Å². The normalized spacial score (nSPS) is 17.0. The molecule has 0 spiro atoms. The third-order valence-electron chi connectivity index (χ3n) is 3.93. The van der Waals surface area contributed by atoms with E-state index in [0.29, 0.717) is 17.1 Å². The largest absolute Gasteiger partial charge is 0.497 e. The first-order valence-corrected chi connectivity index (χ1v) is 8.97. The van der Waals surface area contributed by atoms with Crippen molar-refractivity contribution in [1.29, 1.82) is 0 Å². The highest BCUT2D eigenvalue weighted by Gasteiger charge is 2.33. The van der Waals surface area contributed by atoms with Crippen LogP contribution in [0.2, 0.25) is 5.02 Å². The molecule has 1 heterocycles. The van der Waals surface area contributed by atoms with E-state index < -0.39 is 0 Å². The molecule has 4 nitrogen and oxygen atoms in total. The summed E-state index contributed by atoms with van der Waals surface area (Å²) in [6, 6.07) is 12.7. The second-order valence-electron chi connectivity index (χ2n) is 5.34. The third-order valence-corrected chi connectivity index (χ3v) is 5.40. The summed E-state index contributed by atoms with van der Waals surface area (Å²) >= 11 is 7.74. The van der Waals surface area contributed by atoms with Gasteiger partial charge in [-0.1, -0.05) is 17.7 Å². The predicted molar refractivity (Wildman–Crippen MR) is 97.2 cm³/mol. The smallest absolute Gasteiger partial charge is 0.255 e. The standard InChI is InChI=1S/C18H18ClNO3S/c1-22-14-6-7-16(23-2)15(11-14)18-20(8-9-24-18)17(21)12-4-3-5-13(19)10-12/h3-7,10-11,18H,8-9H2,1-2H3/t18-/m0/s1. The third kappa shape index (κ3) is 3.32. The molecule has 0 bridgehead atoms. The van der Waals surface area contributed by atoms with Crippen molar-refractivity contribution in [3.05, 3.63) is 58.6 Å². The van der Waals surface area contributed by atoms with Crippen LogP contribution >= 0.6 is 23.4 Å². The minimum absolute atomic E-state index is 0.0302. The van der Waals surface area contributed by atoms with E-state index in [1.54, 1.807) is 50.2 Å². The minimum atomic E-state index is -0.110. The topological polar surface area (TPSA) is 38.8 Å². The lowest BCUT2D eigenvalue weighted by Gasteiger charge is -2.26. The summed E-state index contributed by atoms with van der Waals surface area (Å²) in [5.74, 6) is 2.34. The van der Waals surface area contributed by atoms with Crippen molar-refractivity contribution < 1.29 is 14.3 Å². The lowest BCUT2D eigenvalue weighted by Crippen LogP contribution is -2.30. The van der Waals surface area contributed by atoms with Crippen molar-refractivity contribution in [1.82, 2.24) is 4.90 Å². The molecule has 0 aliphatic carbocycles. The predicted octanol–water partition coefficient (Wildman–Crippen LogP) is 4.25. The van der Waals surface area contributed by atoms with Crippen LogP contribution < -0.4 is 9.47 Å². The molecule has 3 rings (SSSR count). The fourth-order valence-electron chi connectivity index (χ4n) is 2.76. The van der Waals surface area contributed by atoms with Gasteiger partial charge in [-0.05, 0) is 36.4 Å². The molecular formula is C18H18ClNO3S. The number of benzene rings is 2. The Labute approximate surface area is 150 Å². The maximum atomic E-state index is 12.9. The molecule has 1 saturated heterocycles. The number of nitrogens with zero attached hydrogens (tertiary/aromatic N) is 1. The molecule has 1 fully saturated rings. The van der Waals surface area contributed by atoms with Gasteiger partial charge in [-0.25, -0.2) is 0 Å². The molecule has 0 aromatic heterocycles. The van der Waals surface area contributed by atoms with Gasteiger partial charge in [0, 0.05) is 28.4 Å². The molecular weight excluding hydrogens is 346 g/mol. The van der Waals surface area contributed by atoms with Gasteiger partial charge in [-0.3, -0.25) is 4.79 Å². The number of rotatable bonds is 4. The molecule has 1 aliphatic heterocycles. The molecule has 0 saturated carbocycles. The first-order valence-electron chi connectivity index (χ1n) is 7.54. The summed E-state index contributed by atoms with van der Waals surface area (Å²) in [5.41, 5.74) is 1.53. The van der Waals surface area contributed by atoms with E-state index in [2.05, 4.69) is 0 Å².